The van der Waals surface area contributed by atoms with E-state index >= 15 is 0 Å². The van der Waals surface area contributed by atoms with E-state index in [9.17, 15) is 8.78 Å². The predicted molar refractivity (Wildman–Crippen MR) is 64.4 cm³/mol. The third-order valence-electron chi connectivity index (χ3n) is 4.52. The number of halogens is 2. The van der Waals surface area contributed by atoms with Gasteiger partial charge in [-0.1, -0.05) is 0 Å². The molecule has 0 bridgehead atoms. The first-order valence-corrected chi connectivity index (χ1v) is 6.31. The SMILES string of the molecule is CNCC1(C2(c3cc(F)ccc3F)COC2)CC1. The first-order valence-electron chi connectivity index (χ1n) is 6.31. The maximum Gasteiger partial charge on any atom is 0.127 e. The van der Waals surface area contributed by atoms with Crippen LogP contribution in [0.4, 0.5) is 8.78 Å². The van der Waals surface area contributed by atoms with Crippen LogP contribution in [0.5, 0.6) is 0 Å². The second-order valence-corrected chi connectivity index (χ2v) is 5.51. The fourth-order valence-corrected chi connectivity index (χ4v) is 3.23. The number of benzene rings is 1. The quantitative estimate of drug-likeness (QED) is 0.888. The molecule has 0 aromatic heterocycles. The molecular formula is C14H17F2NO. The molecule has 2 aliphatic rings. The lowest BCUT2D eigenvalue weighted by Crippen LogP contribution is -2.56. The van der Waals surface area contributed by atoms with Crippen molar-refractivity contribution in [2.24, 2.45) is 5.41 Å². The molecule has 98 valence electrons. The van der Waals surface area contributed by atoms with Gasteiger partial charge < -0.3 is 10.1 Å². The average Bonchev–Trinajstić information content (AvgIpc) is 3.03. The summed E-state index contributed by atoms with van der Waals surface area (Å²) in [4.78, 5) is 0. The minimum Gasteiger partial charge on any atom is -0.379 e. The number of hydrogen-bond donors (Lipinski definition) is 1. The second-order valence-electron chi connectivity index (χ2n) is 5.51. The highest BCUT2D eigenvalue weighted by Crippen LogP contribution is 2.62. The summed E-state index contributed by atoms with van der Waals surface area (Å²) >= 11 is 0. The van der Waals surface area contributed by atoms with E-state index in [1.807, 2.05) is 7.05 Å². The maximum absolute atomic E-state index is 14.0. The number of hydrogen-bond acceptors (Lipinski definition) is 2. The van der Waals surface area contributed by atoms with E-state index in [0.717, 1.165) is 19.4 Å². The van der Waals surface area contributed by atoms with Gasteiger partial charge in [0.1, 0.15) is 11.6 Å². The summed E-state index contributed by atoms with van der Waals surface area (Å²) in [5, 5.41) is 3.18. The third-order valence-corrected chi connectivity index (χ3v) is 4.52. The van der Waals surface area contributed by atoms with Gasteiger partial charge in [0.2, 0.25) is 0 Å². The fraction of sp³-hybridized carbons (Fsp3) is 0.571. The van der Waals surface area contributed by atoms with Crippen molar-refractivity contribution >= 4 is 0 Å². The van der Waals surface area contributed by atoms with Gasteiger partial charge in [-0.05, 0) is 43.5 Å². The van der Waals surface area contributed by atoms with Gasteiger partial charge in [-0.2, -0.15) is 0 Å². The van der Waals surface area contributed by atoms with E-state index in [0.29, 0.717) is 18.8 Å². The van der Waals surface area contributed by atoms with Gasteiger partial charge in [-0.25, -0.2) is 8.78 Å². The van der Waals surface area contributed by atoms with E-state index in [1.54, 1.807) is 0 Å². The molecule has 2 nitrogen and oxygen atoms in total. The van der Waals surface area contributed by atoms with Gasteiger partial charge in [-0.15, -0.1) is 0 Å². The molecule has 3 rings (SSSR count). The van der Waals surface area contributed by atoms with Crippen LogP contribution in [0, 0.1) is 17.0 Å². The summed E-state index contributed by atoms with van der Waals surface area (Å²) in [5.41, 5.74) is 0.179. The Hall–Kier alpha value is -1.00. The van der Waals surface area contributed by atoms with Gasteiger partial charge in [-0.3, -0.25) is 0 Å². The minimum absolute atomic E-state index is 0.0363. The lowest BCUT2D eigenvalue weighted by Gasteiger charge is -2.48. The molecule has 1 saturated carbocycles. The molecule has 1 aromatic rings. The number of nitrogens with one attached hydrogen (secondary N) is 1. The largest absolute Gasteiger partial charge is 0.379 e. The Morgan fingerprint density at radius 3 is 2.50 bits per heavy atom. The van der Waals surface area contributed by atoms with E-state index in [2.05, 4.69) is 5.32 Å². The summed E-state index contributed by atoms with van der Waals surface area (Å²) in [5.74, 6) is -0.694. The van der Waals surface area contributed by atoms with Gasteiger partial charge in [0.15, 0.2) is 0 Å². The Morgan fingerprint density at radius 2 is 2.00 bits per heavy atom. The molecule has 0 atom stereocenters. The summed E-state index contributed by atoms with van der Waals surface area (Å²) in [6, 6.07) is 3.73. The summed E-state index contributed by atoms with van der Waals surface area (Å²) in [6.45, 7) is 1.82. The Kier molecular flexibility index (Phi) is 2.68. The minimum atomic E-state index is -0.377. The van der Waals surface area contributed by atoms with E-state index in [-0.39, 0.29) is 22.5 Å². The van der Waals surface area contributed by atoms with Crippen LogP contribution in [-0.4, -0.2) is 26.8 Å². The Morgan fingerprint density at radius 1 is 1.28 bits per heavy atom. The zero-order valence-electron chi connectivity index (χ0n) is 10.4. The zero-order chi connectivity index (χ0) is 12.8. The molecule has 2 fully saturated rings. The van der Waals surface area contributed by atoms with Crippen LogP contribution in [0.2, 0.25) is 0 Å². The summed E-state index contributed by atoms with van der Waals surface area (Å²) in [7, 11) is 1.90. The molecule has 1 N–H and O–H groups in total. The van der Waals surface area contributed by atoms with Gasteiger partial charge >= 0.3 is 0 Å². The van der Waals surface area contributed by atoms with E-state index in [1.165, 1.54) is 18.2 Å². The van der Waals surface area contributed by atoms with E-state index in [4.69, 9.17) is 4.74 Å². The Labute approximate surface area is 105 Å². The Bertz CT molecular complexity index is 467. The van der Waals surface area contributed by atoms with Crippen molar-refractivity contribution in [2.45, 2.75) is 18.3 Å². The first-order chi connectivity index (χ1) is 8.63. The first kappa shape index (κ1) is 12.1. The molecule has 0 amide bonds. The molecule has 1 heterocycles. The third kappa shape index (κ3) is 1.52. The molecule has 4 heteroatoms. The molecule has 1 aliphatic heterocycles. The van der Waals surface area contributed by atoms with Crippen molar-refractivity contribution in [1.82, 2.24) is 5.32 Å². The van der Waals surface area contributed by atoms with Gasteiger partial charge in [0.05, 0.1) is 18.6 Å². The van der Waals surface area contributed by atoms with Crippen LogP contribution < -0.4 is 5.32 Å². The topological polar surface area (TPSA) is 21.3 Å². The molecule has 1 aromatic carbocycles. The monoisotopic (exact) mass is 253 g/mol. The van der Waals surface area contributed by atoms with Crippen LogP contribution in [0.15, 0.2) is 18.2 Å². The van der Waals surface area contributed by atoms with Gasteiger partial charge in [0.25, 0.3) is 0 Å². The van der Waals surface area contributed by atoms with Crippen molar-refractivity contribution < 1.29 is 13.5 Å². The molecule has 0 radical (unpaired) electrons. The van der Waals surface area contributed by atoms with E-state index < -0.39 is 0 Å². The van der Waals surface area contributed by atoms with Crippen LogP contribution >= 0.6 is 0 Å². The van der Waals surface area contributed by atoms with Crippen LogP contribution in [0.1, 0.15) is 18.4 Å². The highest BCUT2D eigenvalue weighted by molar-refractivity contribution is 5.36. The normalized spacial score (nSPS) is 23.5. The predicted octanol–water partition coefficient (Wildman–Crippen LogP) is 2.23. The summed E-state index contributed by atoms with van der Waals surface area (Å²) in [6.07, 6.45) is 2.10. The van der Waals surface area contributed by atoms with Crippen molar-refractivity contribution in [3.63, 3.8) is 0 Å². The second kappa shape index (κ2) is 4.00. The standard InChI is InChI=1S/C14H17F2NO/c1-17-7-13(4-5-13)14(8-18-9-14)11-6-10(15)2-3-12(11)16/h2-3,6,17H,4-5,7-9H2,1H3. The zero-order valence-corrected chi connectivity index (χ0v) is 10.4. The van der Waals surface area contributed by atoms with Crippen molar-refractivity contribution in [1.29, 1.82) is 0 Å². The van der Waals surface area contributed by atoms with Crippen LogP contribution in [0.25, 0.3) is 0 Å². The van der Waals surface area contributed by atoms with Crippen LogP contribution in [0.3, 0.4) is 0 Å². The molecule has 1 aliphatic carbocycles. The molecule has 0 spiro atoms. The molecule has 1 saturated heterocycles. The van der Waals surface area contributed by atoms with Crippen molar-refractivity contribution in [2.75, 3.05) is 26.8 Å². The average molecular weight is 253 g/mol. The number of ether oxygens (including phenoxy) is 1. The summed E-state index contributed by atoms with van der Waals surface area (Å²) < 4.78 is 32.8. The Balaban J connectivity index is 2.04. The maximum atomic E-state index is 14.0. The van der Waals surface area contributed by atoms with Crippen LogP contribution in [-0.2, 0) is 10.2 Å². The van der Waals surface area contributed by atoms with Gasteiger partial charge in [0, 0.05) is 12.1 Å². The fourth-order valence-electron chi connectivity index (χ4n) is 3.23. The smallest absolute Gasteiger partial charge is 0.127 e. The molecule has 18 heavy (non-hydrogen) atoms. The number of rotatable bonds is 4. The lowest BCUT2D eigenvalue weighted by atomic mass is 9.65. The van der Waals surface area contributed by atoms with Crippen molar-refractivity contribution in [3.05, 3.63) is 35.4 Å². The lowest BCUT2D eigenvalue weighted by molar-refractivity contribution is -0.100. The highest BCUT2D eigenvalue weighted by Gasteiger charge is 2.63. The highest BCUT2D eigenvalue weighted by atomic mass is 19.1. The molecule has 0 unspecified atom stereocenters. The molecular weight excluding hydrogens is 236 g/mol. The van der Waals surface area contributed by atoms with Crippen molar-refractivity contribution in [3.8, 4) is 0 Å².